The lowest BCUT2D eigenvalue weighted by Crippen LogP contribution is -1.98. The molecule has 3 unspecified atom stereocenters. The number of carbonyl (C=O) groups excluding carboxylic acids is 1. The fraction of sp³-hybridized carbons (Fsp3) is 0.857. The third kappa shape index (κ3) is 0.445. The maximum atomic E-state index is 10.2. The van der Waals surface area contributed by atoms with Gasteiger partial charge in [0.2, 0.25) is 0 Å². The second kappa shape index (κ2) is 1.34. The van der Waals surface area contributed by atoms with E-state index in [1.807, 2.05) is 0 Å². The lowest BCUT2D eigenvalue weighted by Gasteiger charge is -1.96. The summed E-state index contributed by atoms with van der Waals surface area (Å²) in [5.74, 6) is 2.25. The molecule has 2 fully saturated rings. The van der Waals surface area contributed by atoms with Gasteiger partial charge in [0.15, 0.2) is 0 Å². The molecule has 0 aromatic carbocycles. The topological polar surface area (TPSA) is 17.1 Å². The second-order valence-electron chi connectivity index (χ2n) is 3.04. The summed E-state index contributed by atoms with van der Waals surface area (Å²) in [5, 5.41) is 0. The van der Waals surface area contributed by atoms with Crippen LogP contribution in [0.25, 0.3) is 0 Å². The van der Waals surface area contributed by atoms with Gasteiger partial charge in [-0.15, -0.1) is 0 Å². The number of hydrogen-bond donors (Lipinski definition) is 0. The van der Waals surface area contributed by atoms with E-state index in [1.165, 1.54) is 19.3 Å². The molecule has 3 atom stereocenters. The minimum atomic E-state index is 0.458. The molecule has 2 rings (SSSR count). The van der Waals surface area contributed by atoms with E-state index < -0.39 is 0 Å². The molecule has 0 heterocycles. The van der Waals surface area contributed by atoms with Gasteiger partial charge in [-0.2, -0.15) is 0 Å². The van der Waals surface area contributed by atoms with E-state index in [0.29, 0.717) is 5.92 Å². The molecule has 2 aliphatic carbocycles. The van der Waals surface area contributed by atoms with Crippen molar-refractivity contribution in [3.8, 4) is 0 Å². The minimum Gasteiger partial charge on any atom is -0.303 e. The maximum absolute atomic E-state index is 10.2. The highest BCUT2D eigenvalue weighted by Crippen LogP contribution is 2.54. The van der Waals surface area contributed by atoms with Gasteiger partial charge < -0.3 is 4.79 Å². The summed E-state index contributed by atoms with van der Waals surface area (Å²) < 4.78 is 0. The lowest BCUT2D eigenvalue weighted by atomic mass is 10.1. The van der Waals surface area contributed by atoms with Gasteiger partial charge in [-0.05, 0) is 31.1 Å². The molecule has 0 saturated heterocycles. The van der Waals surface area contributed by atoms with E-state index in [4.69, 9.17) is 0 Å². The van der Waals surface area contributed by atoms with E-state index in [2.05, 4.69) is 0 Å². The van der Waals surface area contributed by atoms with Crippen molar-refractivity contribution in [1.82, 2.24) is 0 Å². The van der Waals surface area contributed by atoms with Crippen LogP contribution in [0.5, 0.6) is 0 Å². The molecule has 44 valence electrons. The molecule has 0 amide bonds. The Kier molecular flexibility index (Phi) is 0.758. The first-order valence-electron chi connectivity index (χ1n) is 3.37. The van der Waals surface area contributed by atoms with Crippen molar-refractivity contribution < 1.29 is 4.79 Å². The molecule has 8 heavy (non-hydrogen) atoms. The molecule has 0 aromatic rings. The monoisotopic (exact) mass is 110 g/mol. The van der Waals surface area contributed by atoms with Crippen molar-refractivity contribution in [3.05, 3.63) is 0 Å². The first kappa shape index (κ1) is 4.54. The van der Waals surface area contributed by atoms with Crippen LogP contribution in [0.4, 0.5) is 0 Å². The Labute approximate surface area is 49.1 Å². The molecular weight excluding hydrogens is 100 g/mol. The highest BCUT2D eigenvalue weighted by molar-refractivity contribution is 5.55. The van der Waals surface area contributed by atoms with Crippen molar-refractivity contribution in [2.75, 3.05) is 0 Å². The van der Waals surface area contributed by atoms with E-state index in [0.717, 1.165) is 18.1 Å². The van der Waals surface area contributed by atoms with E-state index in [-0.39, 0.29) is 0 Å². The predicted molar refractivity (Wildman–Crippen MR) is 30.4 cm³/mol. The molecule has 0 spiro atoms. The number of aldehydes is 1. The zero-order valence-corrected chi connectivity index (χ0v) is 4.84. The van der Waals surface area contributed by atoms with Crippen LogP contribution >= 0.6 is 0 Å². The van der Waals surface area contributed by atoms with Crippen molar-refractivity contribution in [2.45, 2.75) is 19.3 Å². The third-order valence-corrected chi connectivity index (χ3v) is 2.57. The van der Waals surface area contributed by atoms with Gasteiger partial charge in [-0.3, -0.25) is 0 Å². The van der Waals surface area contributed by atoms with Gasteiger partial charge in [0.25, 0.3) is 0 Å². The number of rotatable bonds is 1. The summed E-state index contributed by atoms with van der Waals surface area (Å²) in [4.78, 5) is 10.2. The molecule has 0 N–H and O–H groups in total. The minimum absolute atomic E-state index is 0.458. The van der Waals surface area contributed by atoms with Gasteiger partial charge in [0.1, 0.15) is 6.29 Å². The summed E-state index contributed by atoms with van der Waals surface area (Å²) in [7, 11) is 0. The molecule has 0 aromatic heterocycles. The molecule has 2 saturated carbocycles. The van der Waals surface area contributed by atoms with Crippen LogP contribution in [0.15, 0.2) is 0 Å². The van der Waals surface area contributed by atoms with Crippen LogP contribution in [-0.4, -0.2) is 6.29 Å². The van der Waals surface area contributed by atoms with Gasteiger partial charge in [-0.25, -0.2) is 0 Å². The van der Waals surface area contributed by atoms with Crippen LogP contribution in [0, 0.1) is 17.8 Å². The van der Waals surface area contributed by atoms with Crippen molar-refractivity contribution >= 4 is 6.29 Å². The van der Waals surface area contributed by atoms with Gasteiger partial charge in [0.05, 0.1) is 0 Å². The number of hydrogen-bond acceptors (Lipinski definition) is 1. The zero-order chi connectivity index (χ0) is 5.56. The van der Waals surface area contributed by atoms with E-state index in [9.17, 15) is 4.79 Å². The first-order valence-corrected chi connectivity index (χ1v) is 3.37. The SMILES string of the molecule is O=CC1CCC2CC12. The average Bonchev–Trinajstić information content (AvgIpc) is 2.46. The first-order chi connectivity index (χ1) is 3.92. The van der Waals surface area contributed by atoms with E-state index >= 15 is 0 Å². The Bertz CT molecular complexity index is 120. The van der Waals surface area contributed by atoms with Gasteiger partial charge in [0, 0.05) is 5.92 Å². The zero-order valence-electron chi connectivity index (χ0n) is 4.84. The average molecular weight is 110 g/mol. The van der Waals surface area contributed by atoms with Crippen molar-refractivity contribution in [1.29, 1.82) is 0 Å². The predicted octanol–water partition coefficient (Wildman–Crippen LogP) is 1.23. The second-order valence-corrected chi connectivity index (χ2v) is 3.04. The lowest BCUT2D eigenvalue weighted by molar-refractivity contribution is -0.111. The Morgan fingerprint density at radius 1 is 1.38 bits per heavy atom. The van der Waals surface area contributed by atoms with Crippen LogP contribution < -0.4 is 0 Å². The quantitative estimate of drug-likeness (QED) is 0.464. The highest BCUT2D eigenvalue weighted by atomic mass is 16.1. The van der Waals surface area contributed by atoms with Crippen molar-refractivity contribution in [2.24, 2.45) is 17.8 Å². The summed E-state index contributed by atoms with van der Waals surface area (Å²) in [5.41, 5.74) is 0. The third-order valence-electron chi connectivity index (χ3n) is 2.57. The summed E-state index contributed by atoms with van der Waals surface area (Å²) in [6, 6.07) is 0. The fourth-order valence-corrected chi connectivity index (χ4v) is 1.92. The van der Waals surface area contributed by atoms with E-state index in [1.54, 1.807) is 0 Å². The maximum Gasteiger partial charge on any atom is 0.123 e. The summed E-state index contributed by atoms with van der Waals surface area (Å²) >= 11 is 0. The molecule has 0 radical (unpaired) electrons. The normalized spacial score (nSPS) is 50.8. The summed E-state index contributed by atoms with van der Waals surface area (Å²) in [6.45, 7) is 0. The molecule has 1 heteroatoms. The van der Waals surface area contributed by atoms with Gasteiger partial charge >= 0.3 is 0 Å². The Balaban J connectivity index is 2.06. The molecular formula is C7H10O. The number of fused-ring (bicyclic) bond motifs is 1. The Morgan fingerprint density at radius 2 is 2.25 bits per heavy atom. The van der Waals surface area contributed by atoms with Crippen molar-refractivity contribution in [3.63, 3.8) is 0 Å². The van der Waals surface area contributed by atoms with Crippen LogP contribution in [0.3, 0.4) is 0 Å². The standard InChI is InChI=1S/C7H10O/c8-4-6-2-1-5-3-7(5)6/h4-7H,1-3H2. The molecule has 0 bridgehead atoms. The molecule has 1 nitrogen and oxygen atoms in total. The Morgan fingerprint density at radius 3 is 2.50 bits per heavy atom. The fourth-order valence-electron chi connectivity index (χ4n) is 1.92. The number of carbonyl (C=O) groups is 1. The Hall–Kier alpha value is -0.330. The van der Waals surface area contributed by atoms with Gasteiger partial charge in [-0.1, -0.05) is 0 Å². The van der Waals surface area contributed by atoms with Crippen LogP contribution in [0.1, 0.15) is 19.3 Å². The van der Waals surface area contributed by atoms with Crippen LogP contribution in [0.2, 0.25) is 0 Å². The smallest absolute Gasteiger partial charge is 0.123 e. The van der Waals surface area contributed by atoms with Crippen LogP contribution in [-0.2, 0) is 4.79 Å². The highest BCUT2D eigenvalue weighted by Gasteiger charge is 2.47. The largest absolute Gasteiger partial charge is 0.303 e. The molecule has 0 aliphatic heterocycles. The molecule has 2 aliphatic rings. The summed E-state index contributed by atoms with van der Waals surface area (Å²) in [6.07, 6.45) is 5.01.